The lowest BCUT2D eigenvalue weighted by molar-refractivity contribution is 0.402. The molecular formula is C17H13BN2OS. The predicted octanol–water partition coefficient (Wildman–Crippen LogP) is 3.24. The van der Waals surface area contributed by atoms with E-state index in [4.69, 9.17) is 18.0 Å². The van der Waals surface area contributed by atoms with E-state index in [0.717, 1.165) is 26.4 Å². The first-order chi connectivity index (χ1) is 10.7. The molecule has 0 amide bonds. The van der Waals surface area contributed by atoms with Gasteiger partial charge in [0.05, 0.1) is 12.0 Å². The van der Waals surface area contributed by atoms with Gasteiger partial charge in [0, 0.05) is 22.8 Å². The van der Waals surface area contributed by atoms with Crippen molar-refractivity contribution in [2.45, 2.75) is 0 Å². The highest BCUT2D eigenvalue weighted by molar-refractivity contribution is 7.18. The van der Waals surface area contributed by atoms with Gasteiger partial charge in [0.15, 0.2) is 0 Å². The summed E-state index contributed by atoms with van der Waals surface area (Å²) in [4.78, 5) is 5.86. The van der Waals surface area contributed by atoms with Crippen molar-refractivity contribution >= 4 is 30.5 Å². The van der Waals surface area contributed by atoms with Gasteiger partial charge in [0.1, 0.15) is 7.85 Å². The molecule has 3 aromatic rings. The Bertz CT molecular complexity index is 815. The lowest BCUT2D eigenvalue weighted by Gasteiger charge is -2.07. The van der Waals surface area contributed by atoms with Gasteiger partial charge in [-0.2, -0.15) is 0 Å². The number of aromatic nitrogens is 1. The number of thiophene rings is 1. The van der Waals surface area contributed by atoms with Crippen LogP contribution < -0.4 is 5.46 Å². The van der Waals surface area contributed by atoms with E-state index in [1.54, 1.807) is 12.4 Å². The molecule has 0 unspecified atom stereocenters. The fourth-order valence-electron chi connectivity index (χ4n) is 2.25. The summed E-state index contributed by atoms with van der Waals surface area (Å²) >= 11 is 1.52. The third kappa shape index (κ3) is 2.67. The zero-order valence-electron chi connectivity index (χ0n) is 12.0. The second-order valence-electron chi connectivity index (χ2n) is 4.72. The second kappa shape index (κ2) is 6.16. The monoisotopic (exact) mass is 304 g/mol. The molecule has 3 rings (SSSR count). The first kappa shape index (κ1) is 14.5. The molecule has 2 aromatic heterocycles. The van der Waals surface area contributed by atoms with Gasteiger partial charge in [-0.1, -0.05) is 35.8 Å². The maximum atomic E-state index is 8.05. The lowest BCUT2D eigenvalue weighted by atomic mass is 9.89. The predicted molar refractivity (Wildman–Crippen MR) is 92.2 cm³/mol. The van der Waals surface area contributed by atoms with Gasteiger partial charge in [0.2, 0.25) is 5.90 Å². The smallest absolute Gasteiger partial charge is 0.223 e. The van der Waals surface area contributed by atoms with E-state index >= 15 is 0 Å². The van der Waals surface area contributed by atoms with Gasteiger partial charge < -0.3 is 4.74 Å². The third-order valence-corrected chi connectivity index (χ3v) is 4.53. The average Bonchev–Trinajstić information content (AvgIpc) is 3.00. The van der Waals surface area contributed by atoms with Crippen molar-refractivity contribution in [3.05, 3.63) is 59.7 Å². The van der Waals surface area contributed by atoms with Crippen molar-refractivity contribution in [2.24, 2.45) is 0 Å². The molecule has 0 fully saturated rings. The molecule has 22 heavy (non-hydrogen) atoms. The van der Waals surface area contributed by atoms with Crippen molar-refractivity contribution in [1.82, 2.24) is 4.98 Å². The Hall–Kier alpha value is -2.40. The SMILES string of the molecule is [B]c1cnccc1-c1cc(-c2ccccc2)sc1C(=N)OC. The molecule has 5 heteroatoms. The molecule has 0 aliphatic carbocycles. The molecule has 106 valence electrons. The zero-order chi connectivity index (χ0) is 15.5. The number of ether oxygens (including phenoxy) is 1. The van der Waals surface area contributed by atoms with Crippen LogP contribution in [0.2, 0.25) is 0 Å². The summed E-state index contributed by atoms with van der Waals surface area (Å²) in [5, 5.41) is 8.05. The summed E-state index contributed by atoms with van der Waals surface area (Å²) in [5.41, 5.74) is 3.46. The normalized spacial score (nSPS) is 10.4. The first-order valence-electron chi connectivity index (χ1n) is 6.72. The summed E-state index contributed by atoms with van der Waals surface area (Å²) in [7, 11) is 7.55. The van der Waals surface area contributed by atoms with Gasteiger partial charge in [0.25, 0.3) is 0 Å². The van der Waals surface area contributed by atoms with Gasteiger partial charge in [-0.05, 0) is 23.3 Å². The van der Waals surface area contributed by atoms with E-state index in [-0.39, 0.29) is 5.90 Å². The van der Waals surface area contributed by atoms with Crippen LogP contribution in [0.15, 0.2) is 54.9 Å². The molecule has 2 radical (unpaired) electrons. The van der Waals surface area contributed by atoms with Gasteiger partial charge in [-0.15, -0.1) is 11.3 Å². The molecule has 0 aliphatic rings. The van der Waals surface area contributed by atoms with E-state index < -0.39 is 0 Å². The summed E-state index contributed by atoms with van der Waals surface area (Å²) < 4.78 is 5.12. The van der Waals surface area contributed by atoms with Crippen molar-refractivity contribution in [3.8, 4) is 21.6 Å². The van der Waals surface area contributed by atoms with Crippen LogP contribution in [-0.2, 0) is 4.74 Å². The number of pyridine rings is 1. The van der Waals surface area contributed by atoms with Gasteiger partial charge in [-0.25, -0.2) is 0 Å². The number of nitrogens with zero attached hydrogens (tertiary/aromatic N) is 1. The van der Waals surface area contributed by atoms with Crippen LogP contribution in [0.25, 0.3) is 21.6 Å². The molecule has 0 bridgehead atoms. The molecule has 1 aromatic carbocycles. The van der Waals surface area contributed by atoms with Crippen molar-refractivity contribution in [1.29, 1.82) is 5.41 Å². The molecule has 3 nitrogen and oxygen atoms in total. The average molecular weight is 304 g/mol. The van der Waals surface area contributed by atoms with Crippen molar-refractivity contribution < 1.29 is 4.74 Å². The number of hydrogen-bond acceptors (Lipinski definition) is 4. The highest BCUT2D eigenvalue weighted by Crippen LogP contribution is 2.36. The van der Waals surface area contributed by atoms with E-state index in [1.165, 1.54) is 18.4 Å². The van der Waals surface area contributed by atoms with Crippen molar-refractivity contribution in [2.75, 3.05) is 7.11 Å². The Morgan fingerprint density at radius 2 is 1.95 bits per heavy atom. The Balaban J connectivity index is 2.19. The minimum Gasteiger partial charge on any atom is -0.480 e. The number of nitrogens with one attached hydrogen (secondary N) is 1. The van der Waals surface area contributed by atoms with Crippen molar-refractivity contribution in [3.63, 3.8) is 0 Å². The largest absolute Gasteiger partial charge is 0.480 e. The van der Waals surface area contributed by atoms with Crippen LogP contribution >= 0.6 is 11.3 Å². The highest BCUT2D eigenvalue weighted by atomic mass is 32.1. The quantitative estimate of drug-likeness (QED) is 0.459. The lowest BCUT2D eigenvalue weighted by Crippen LogP contribution is -2.09. The summed E-state index contributed by atoms with van der Waals surface area (Å²) in [6.45, 7) is 0. The van der Waals surface area contributed by atoms with Gasteiger partial charge in [-0.3, -0.25) is 10.4 Å². The molecule has 0 aliphatic heterocycles. The zero-order valence-corrected chi connectivity index (χ0v) is 12.9. The maximum absolute atomic E-state index is 8.05. The maximum Gasteiger partial charge on any atom is 0.223 e. The summed E-state index contributed by atoms with van der Waals surface area (Å²) in [6.07, 6.45) is 3.32. The van der Waals surface area contributed by atoms with Crippen LogP contribution in [0.4, 0.5) is 0 Å². The Morgan fingerprint density at radius 3 is 2.64 bits per heavy atom. The van der Waals surface area contributed by atoms with Crippen LogP contribution in [0.3, 0.4) is 0 Å². The Labute approximate surface area is 134 Å². The van der Waals surface area contributed by atoms with Crippen LogP contribution in [0, 0.1) is 5.41 Å². The highest BCUT2D eigenvalue weighted by Gasteiger charge is 2.17. The second-order valence-corrected chi connectivity index (χ2v) is 5.77. The fourth-order valence-corrected chi connectivity index (χ4v) is 3.35. The minimum atomic E-state index is 0.137. The van der Waals surface area contributed by atoms with E-state index in [0.29, 0.717) is 5.46 Å². The summed E-state index contributed by atoms with van der Waals surface area (Å²) in [5.74, 6) is 0.137. The molecule has 0 atom stereocenters. The first-order valence-corrected chi connectivity index (χ1v) is 7.54. The molecule has 0 saturated carbocycles. The summed E-state index contributed by atoms with van der Waals surface area (Å²) in [6, 6.07) is 14.0. The Morgan fingerprint density at radius 1 is 1.18 bits per heavy atom. The van der Waals surface area contributed by atoms with Crippen LogP contribution in [0.5, 0.6) is 0 Å². The van der Waals surface area contributed by atoms with E-state index in [1.807, 2.05) is 36.4 Å². The third-order valence-electron chi connectivity index (χ3n) is 3.34. The standard InChI is InChI=1S/C17H13BN2OS/c1-21-17(19)16-13(12-7-8-20-10-14(12)18)9-15(22-16)11-5-3-2-4-6-11/h2-10,19H,1H3. The number of benzene rings is 1. The molecule has 1 N–H and O–H groups in total. The van der Waals surface area contributed by atoms with Gasteiger partial charge >= 0.3 is 0 Å². The molecular weight excluding hydrogens is 291 g/mol. The number of rotatable bonds is 3. The topological polar surface area (TPSA) is 46.0 Å². The molecule has 0 saturated heterocycles. The van der Waals surface area contributed by atoms with Crippen LogP contribution in [-0.4, -0.2) is 25.8 Å². The molecule has 0 spiro atoms. The van der Waals surface area contributed by atoms with E-state index in [9.17, 15) is 0 Å². The van der Waals surface area contributed by atoms with E-state index in [2.05, 4.69) is 11.1 Å². The molecule has 2 heterocycles. The number of methoxy groups -OCH3 is 1. The minimum absolute atomic E-state index is 0.137. The fraction of sp³-hybridized carbons (Fsp3) is 0.0588. The van der Waals surface area contributed by atoms with Crippen LogP contribution in [0.1, 0.15) is 4.88 Å². The number of hydrogen-bond donors (Lipinski definition) is 1. The Kier molecular flexibility index (Phi) is 4.07.